The predicted octanol–water partition coefficient (Wildman–Crippen LogP) is 2.55. The highest BCUT2D eigenvalue weighted by atomic mass is 32.2. The van der Waals surface area contributed by atoms with Crippen molar-refractivity contribution < 1.29 is 18.7 Å². The Kier molecular flexibility index (Phi) is 5.06. The molecule has 1 aliphatic heterocycles. The summed E-state index contributed by atoms with van der Waals surface area (Å²) in [6.07, 6.45) is 1.66. The molecule has 1 amide bonds. The van der Waals surface area contributed by atoms with Crippen molar-refractivity contribution in [1.29, 1.82) is 5.26 Å². The second-order valence-electron chi connectivity index (χ2n) is 4.30. The molecule has 21 heavy (non-hydrogen) atoms. The smallest absolute Gasteiger partial charge is 0.367 e. The molecular formula is C14H14N2O4S. The fraction of sp³-hybridized carbons (Fsp3) is 0.357. The van der Waals surface area contributed by atoms with Crippen LogP contribution in [0.1, 0.15) is 25.0 Å². The number of furan rings is 1. The zero-order valence-electron chi connectivity index (χ0n) is 11.4. The molecule has 2 rings (SSSR count). The topological polar surface area (TPSA) is 92.3 Å². The van der Waals surface area contributed by atoms with Crippen molar-refractivity contribution >= 4 is 23.0 Å². The molecule has 1 aromatic rings. The second kappa shape index (κ2) is 6.99. The number of hydrogen-bond donors (Lipinski definition) is 1. The van der Waals surface area contributed by atoms with Gasteiger partial charge in [0.1, 0.15) is 5.76 Å². The monoisotopic (exact) mass is 306 g/mol. The van der Waals surface area contributed by atoms with E-state index in [0.717, 1.165) is 11.8 Å². The van der Waals surface area contributed by atoms with E-state index in [1.165, 1.54) is 6.26 Å². The lowest BCUT2D eigenvalue weighted by molar-refractivity contribution is -0.121. The summed E-state index contributed by atoms with van der Waals surface area (Å²) in [4.78, 5) is 23.2. The lowest BCUT2D eigenvalue weighted by Crippen LogP contribution is -2.33. The molecule has 110 valence electrons. The van der Waals surface area contributed by atoms with Crippen LogP contribution in [-0.4, -0.2) is 23.6 Å². The first-order chi connectivity index (χ1) is 10.2. The van der Waals surface area contributed by atoms with Crippen molar-refractivity contribution in [2.45, 2.75) is 19.3 Å². The van der Waals surface area contributed by atoms with Gasteiger partial charge in [0.25, 0.3) is 0 Å². The van der Waals surface area contributed by atoms with Gasteiger partial charge in [-0.3, -0.25) is 4.79 Å². The maximum Gasteiger partial charge on any atom is 0.367 e. The van der Waals surface area contributed by atoms with Crippen LogP contribution in [0.5, 0.6) is 0 Å². The number of amides is 1. The van der Waals surface area contributed by atoms with Crippen LogP contribution in [-0.2, 0) is 9.53 Å². The normalized spacial score (nSPS) is 18.1. The molecule has 1 aliphatic rings. The Labute approximate surface area is 126 Å². The van der Waals surface area contributed by atoms with Crippen LogP contribution in [0, 0.1) is 11.3 Å². The second-order valence-corrected chi connectivity index (χ2v) is 5.21. The van der Waals surface area contributed by atoms with Crippen molar-refractivity contribution in [3.63, 3.8) is 0 Å². The highest BCUT2D eigenvalue weighted by Crippen LogP contribution is 2.33. The lowest BCUT2D eigenvalue weighted by Gasteiger charge is -2.23. The minimum atomic E-state index is -0.434. The van der Waals surface area contributed by atoms with Crippen molar-refractivity contribution in [2.24, 2.45) is 0 Å². The zero-order valence-corrected chi connectivity index (χ0v) is 12.2. The van der Waals surface area contributed by atoms with E-state index < -0.39 is 11.2 Å². The fourth-order valence-electron chi connectivity index (χ4n) is 2.07. The summed E-state index contributed by atoms with van der Waals surface area (Å²) in [5, 5.41) is 11.6. The SMILES string of the molecule is CCOC(=O)SCC1=C(C#N)C(c2ccco2)CC(=O)N1. The van der Waals surface area contributed by atoms with Gasteiger partial charge >= 0.3 is 5.30 Å². The number of nitrogens with one attached hydrogen (secondary N) is 1. The van der Waals surface area contributed by atoms with E-state index in [1.807, 2.05) is 0 Å². The molecule has 0 radical (unpaired) electrons. The van der Waals surface area contributed by atoms with E-state index in [2.05, 4.69) is 11.4 Å². The molecule has 0 fully saturated rings. The molecule has 7 heteroatoms. The Morgan fingerprint density at radius 1 is 1.67 bits per heavy atom. The molecule has 1 N–H and O–H groups in total. The third kappa shape index (κ3) is 3.67. The highest BCUT2D eigenvalue weighted by molar-refractivity contribution is 8.13. The summed E-state index contributed by atoms with van der Waals surface area (Å²) in [6.45, 7) is 2.01. The molecule has 0 saturated carbocycles. The Hall–Kier alpha value is -2.20. The quantitative estimate of drug-likeness (QED) is 0.859. The summed E-state index contributed by atoms with van der Waals surface area (Å²) in [6, 6.07) is 5.55. The average Bonchev–Trinajstić information content (AvgIpc) is 2.99. The van der Waals surface area contributed by atoms with Crippen LogP contribution < -0.4 is 5.32 Å². The number of carbonyl (C=O) groups excluding carboxylic acids is 2. The number of thioether (sulfide) groups is 1. The summed E-state index contributed by atoms with van der Waals surface area (Å²) >= 11 is 0.913. The van der Waals surface area contributed by atoms with E-state index >= 15 is 0 Å². The summed E-state index contributed by atoms with van der Waals surface area (Å²) in [5.74, 6) is 0.149. The van der Waals surface area contributed by atoms with Crippen LogP contribution in [0.2, 0.25) is 0 Å². The summed E-state index contributed by atoms with van der Waals surface area (Å²) in [7, 11) is 0. The van der Waals surface area contributed by atoms with Gasteiger partial charge < -0.3 is 14.5 Å². The third-order valence-electron chi connectivity index (χ3n) is 2.96. The fourth-order valence-corrected chi connectivity index (χ4v) is 2.76. The van der Waals surface area contributed by atoms with E-state index in [0.29, 0.717) is 17.0 Å². The van der Waals surface area contributed by atoms with Gasteiger partial charge in [0.2, 0.25) is 5.91 Å². The first kappa shape index (κ1) is 15.2. The highest BCUT2D eigenvalue weighted by Gasteiger charge is 2.31. The molecular weight excluding hydrogens is 292 g/mol. The number of rotatable bonds is 4. The molecule has 0 saturated heterocycles. The zero-order chi connectivity index (χ0) is 15.2. The molecule has 1 unspecified atom stereocenters. The maximum absolute atomic E-state index is 11.8. The van der Waals surface area contributed by atoms with Gasteiger partial charge in [-0.2, -0.15) is 5.26 Å². The van der Waals surface area contributed by atoms with E-state index in [1.54, 1.807) is 19.1 Å². The van der Waals surface area contributed by atoms with Gasteiger partial charge in [-0.25, -0.2) is 4.79 Å². The van der Waals surface area contributed by atoms with Gasteiger partial charge in [-0.05, 0) is 30.8 Å². The first-order valence-electron chi connectivity index (χ1n) is 6.41. The number of ether oxygens (including phenoxy) is 1. The largest absolute Gasteiger partial charge is 0.469 e. The van der Waals surface area contributed by atoms with E-state index in [-0.39, 0.29) is 24.7 Å². The standard InChI is InChI=1S/C14H14N2O4S/c1-2-19-14(18)21-8-11-10(7-15)9(6-13(17)16-11)12-4-3-5-20-12/h3-5,9H,2,6,8H2,1H3,(H,16,17). The lowest BCUT2D eigenvalue weighted by atomic mass is 9.89. The molecule has 0 aliphatic carbocycles. The Balaban J connectivity index is 2.20. The van der Waals surface area contributed by atoms with Crippen LogP contribution in [0.25, 0.3) is 0 Å². The molecule has 0 spiro atoms. The van der Waals surface area contributed by atoms with Gasteiger partial charge in [-0.1, -0.05) is 0 Å². The minimum Gasteiger partial charge on any atom is -0.469 e. The number of hydrogen-bond acceptors (Lipinski definition) is 6. The number of carbonyl (C=O) groups is 2. The summed E-state index contributed by atoms with van der Waals surface area (Å²) < 4.78 is 10.1. The van der Waals surface area contributed by atoms with Crippen molar-refractivity contribution in [2.75, 3.05) is 12.4 Å². The number of allylic oxidation sites excluding steroid dienone is 1. The molecule has 6 nitrogen and oxygen atoms in total. The van der Waals surface area contributed by atoms with Gasteiger partial charge in [0, 0.05) is 17.9 Å². The number of nitriles is 1. The Bertz CT molecular complexity index is 601. The summed E-state index contributed by atoms with van der Waals surface area (Å²) in [5.41, 5.74) is 0.856. The van der Waals surface area contributed by atoms with Crippen molar-refractivity contribution in [3.8, 4) is 6.07 Å². The van der Waals surface area contributed by atoms with Crippen LogP contribution in [0.15, 0.2) is 34.1 Å². The third-order valence-corrected chi connectivity index (χ3v) is 3.74. The van der Waals surface area contributed by atoms with E-state index in [4.69, 9.17) is 9.15 Å². The van der Waals surface area contributed by atoms with Crippen LogP contribution in [0.4, 0.5) is 4.79 Å². The molecule has 0 bridgehead atoms. The van der Waals surface area contributed by atoms with Crippen LogP contribution in [0.3, 0.4) is 0 Å². The average molecular weight is 306 g/mol. The van der Waals surface area contributed by atoms with Crippen molar-refractivity contribution in [3.05, 3.63) is 35.4 Å². The van der Waals surface area contributed by atoms with Crippen LogP contribution >= 0.6 is 11.8 Å². The number of nitrogens with zero attached hydrogens (tertiary/aromatic N) is 1. The molecule has 1 aromatic heterocycles. The Morgan fingerprint density at radius 2 is 2.48 bits per heavy atom. The molecule has 0 aromatic carbocycles. The first-order valence-corrected chi connectivity index (χ1v) is 7.40. The van der Waals surface area contributed by atoms with Gasteiger partial charge in [0.15, 0.2) is 0 Å². The van der Waals surface area contributed by atoms with Gasteiger partial charge in [-0.15, -0.1) is 0 Å². The maximum atomic E-state index is 11.8. The van der Waals surface area contributed by atoms with E-state index in [9.17, 15) is 14.9 Å². The molecule has 1 atom stereocenters. The van der Waals surface area contributed by atoms with Crippen molar-refractivity contribution in [1.82, 2.24) is 5.32 Å². The minimum absolute atomic E-state index is 0.157. The van der Waals surface area contributed by atoms with Gasteiger partial charge in [0.05, 0.1) is 30.4 Å². The predicted molar refractivity (Wildman–Crippen MR) is 76.3 cm³/mol. The Morgan fingerprint density at radius 3 is 3.10 bits per heavy atom. The molecule has 2 heterocycles.